The van der Waals surface area contributed by atoms with E-state index in [1.54, 1.807) is 26.6 Å². The van der Waals surface area contributed by atoms with Crippen LogP contribution >= 0.6 is 34.5 Å². The van der Waals surface area contributed by atoms with Crippen molar-refractivity contribution in [2.45, 2.75) is 6.42 Å². The summed E-state index contributed by atoms with van der Waals surface area (Å²) in [4.78, 5) is 4.17. The number of methoxy groups -OCH3 is 2. The zero-order valence-electron chi connectivity index (χ0n) is 12.8. The number of halogens is 2. The molecule has 1 aromatic carbocycles. The van der Waals surface area contributed by atoms with Crippen LogP contribution in [0.4, 0.5) is 5.69 Å². The third-order valence-corrected chi connectivity index (χ3v) is 4.16. The van der Waals surface area contributed by atoms with Crippen molar-refractivity contribution < 1.29 is 14.2 Å². The van der Waals surface area contributed by atoms with Crippen LogP contribution in [0.15, 0.2) is 42.1 Å². The molecule has 0 bridgehead atoms. The third-order valence-electron chi connectivity index (χ3n) is 3.24. The van der Waals surface area contributed by atoms with Gasteiger partial charge in [0.05, 0.1) is 42.1 Å². The number of nitrogens with one attached hydrogen (secondary N) is 1. The summed E-state index contributed by atoms with van der Waals surface area (Å²) in [5.74, 6) is 2.10. The molecule has 0 radical (unpaired) electrons. The molecule has 0 aliphatic carbocycles. The molecule has 0 amide bonds. The highest BCUT2D eigenvalue weighted by molar-refractivity contribution is 14.1. The number of ether oxygens (including phenoxy) is 3. The molecule has 0 fully saturated rings. The van der Waals surface area contributed by atoms with Crippen molar-refractivity contribution in [1.29, 1.82) is 0 Å². The van der Waals surface area contributed by atoms with Crippen LogP contribution in [0.5, 0.6) is 5.75 Å². The Kier molecular flexibility index (Phi) is 6.86. The summed E-state index contributed by atoms with van der Waals surface area (Å²) in [6, 6.07) is 8.38. The van der Waals surface area contributed by atoms with E-state index in [1.807, 2.05) is 18.2 Å². The molecule has 7 heteroatoms. The third kappa shape index (κ3) is 4.94. The van der Waals surface area contributed by atoms with Gasteiger partial charge in [0.2, 0.25) is 0 Å². The second-order valence-electron chi connectivity index (χ2n) is 4.78. The zero-order valence-corrected chi connectivity index (χ0v) is 15.7. The Morgan fingerprint density at radius 2 is 2.35 bits per heavy atom. The largest absolute Gasteiger partial charge is 0.501 e. The Morgan fingerprint density at radius 1 is 1.52 bits per heavy atom. The van der Waals surface area contributed by atoms with Gasteiger partial charge < -0.3 is 17.7 Å². The van der Waals surface area contributed by atoms with Gasteiger partial charge in [-0.2, -0.15) is 0 Å². The molecule has 0 aromatic heterocycles. The monoisotopic (exact) mass is 447 g/mol. The first-order valence-corrected chi connectivity index (χ1v) is 8.35. The van der Waals surface area contributed by atoms with Gasteiger partial charge in [0.25, 0.3) is 6.54 Å². The molecule has 1 aromatic rings. The molecule has 0 saturated heterocycles. The lowest BCUT2D eigenvalue weighted by molar-refractivity contribution is 0.222. The van der Waals surface area contributed by atoms with Crippen LogP contribution in [-0.4, -0.2) is 20.8 Å². The molecule has 0 spiro atoms. The van der Waals surface area contributed by atoms with Crippen molar-refractivity contribution in [3.8, 4) is 11.8 Å². The molecule has 0 saturated carbocycles. The van der Waals surface area contributed by atoms with Gasteiger partial charge in [-0.3, -0.25) is 0 Å². The van der Waals surface area contributed by atoms with E-state index < -0.39 is 0 Å². The second kappa shape index (κ2) is 8.89. The highest BCUT2D eigenvalue weighted by Crippen LogP contribution is 2.33. The molecular formula is C16H17ClIN2O3+. The molecule has 1 N–H and O–H groups in total. The Hall–Kier alpha value is -1.59. The SMILES string of the molecule is CO/C=C(/C[C@@H]1C[N+]#CC=C1Oc1ccc(NI)cc1Cl)OC. The van der Waals surface area contributed by atoms with Crippen molar-refractivity contribution in [3.05, 3.63) is 51.9 Å². The van der Waals surface area contributed by atoms with E-state index in [-0.39, 0.29) is 5.92 Å². The maximum Gasteiger partial charge on any atom is 0.306 e. The van der Waals surface area contributed by atoms with Crippen molar-refractivity contribution in [3.63, 3.8) is 0 Å². The summed E-state index contributed by atoms with van der Waals surface area (Å²) in [6.45, 7) is 0.571. The summed E-state index contributed by atoms with van der Waals surface area (Å²) in [6.07, 6.45) is 3.93. The van der Waals surface area contributed by atoms with Crippen LogP contribution in [-0.2, 0) is 9.47 Å². The number of nitrogens with zero attached hydrogens (tertiary/aromatic N) is 1. The zero-order chi connectivity index (χ0) is 16.7. The molecule has 1 aliphatic rings. The van der Waals surface area contributed by atoms with E-state index in [4.69, 9.17) is 25.8 Å². The molecule has 1 atom stereocenters. The van der Waals surface area contributed by atoms with Gasteiger partial charge in [0.1, 0.15) is 35.5 Å². The lowest BCUT2D eigenvalue weighted by Crippen LogP contribution is -2.16. The fraction of sp³-hybridized carbons (Fsp3) is 0.312. The Balaban J connectivity index is 2.15. The minimum absolute atomic E-state index is 0.0380. The summed E-state index contributed by atoms with van der Waals surface area (Å²) in [5.41, 5.74) is 0.912. The average Bonchev–Trinajstić information content (AvgIpc) is 2.57. The highest BCUT2D eigenvalue weighted by atomic mass is 127. The maximum absolute atomic E-state index is 6.26. The number of rotatable bonds is 7. The maximum atomic E-state index is 6.26. The number of allylic oxidation sites excluding steroid dienone is 2. The number of hydrogen-bond donors (Lipinski definition) is 1. The predicted molar refractivity (Wildman–Crippen MR) is 100 cm³/mol. The van der Waals surface area contributed by atoms with Gasteiger partial charge >= 0.3 is 6.07 Å². The van der Waals surface area contributed by atoms with Gasteiger partial charge in [-0.05, 0) is 18.2 Å². The molecule has 122 valence electrons. The topological polar surface area (TPSA) is 44.1 Å². The number of benzene rings is 1. The smallest absolute Gasteiger partial charge is 0.306 e. The minimum atomic E-state index is 0.0380. The molecule has 2 rings (SSSR count). The summed E-state index contributed by atoms with van der Waals surface area (Å²) in [5, 5.41) is 0.535. The van der Waals surface area contributed by atoms with Crippen LogP contribution in [0.25, 0.3) is 4.85 Å². The Labute approximate surface area is 154 Å². The summed E-state index contributed by atoms with van der Waals surface area (Å²) >= 11 is 8.31. The molecule has 23 heavy (non-hydrogen) atoms. The lowest BCUT2D eigenvalue weighted by Gasteiger charge is -2.18. The van der Waals surface area contributed by atoms with Gasteiger partial charge in [-0.25, -0.2) is 0 Å². The first-order valence-electron chi connectivity index (χ1n) is 6.90. The van der Waals surface area contributed by atoms with Crippen molar-refractivity contribution >= 4 is 40.2 Å². The van der Waals surface area contributed by atoms with Crippen LogP contribution < -0.4 is 8.27 Å². The van der Waals surface area contributed by atoms with Crippen LogP contribution in [0, 0.1) is 12.0 Å². The van der Waals surface area contributed by atoms with Gasteiger partial charge in [0.15, 0.2) is 0 Å². The average molecular weight is 448 g/mol. The summed E-state index contributed by atoms with van der Waals surface area (Å²) < 4.78 is 19.3. The fourth-order valence-corrected chi connectivity index (χ4v) is 2.64. The van der Waals surface area contributed by atoms with Crippen molar-refractivity contribution in [1.82, 2.24) is 0 Å². The van der Waals surface area contributed by atoms with Gasteiger partial charge in [0, 0.05) is 12.1 Å². The van der Waals surface area contributed by atoms with E-state index in [9.17, 15) is 0 Å². The van der Waals surface area contributed by atoms with E-state index in [1.165, 1.54) is 0 Å². The van der Waals surface area contributed by atoms with Crippen molar-refractivity contribution in [2.75, 3.05) is 24.3 Å². The lowest BCUT2D eigenvalue weighted by atomic mass is 10.0. The molecule has 1 heterocycles. The molecule has 1 aliphatic heterocycles. The second-order valence-corrected chi connectivity index (χ2v) is 5.73. The number of anilines is 1. The standard InChI is InChI=1S/C16H17ClIN2O3/c1-21-10-13(22-2)7-11-9-19-6-5-15(11)23-16-4-3-12(20-18)8-14(16)17/h3-5,8,10-11,20H,7,9H2,1-2H3/q+1/b13-10-/t11-/m1/s1. The quantitative estimate of drug-likeness (QED) is 0.369. The van der Waals surface area contributed by atoms with E-state index >= 15 is 0 Å². The van der Waals surface area contributed by atoms with Gasteiger partial charge in [-0.1, -0.05) is 16.4 Å². The molecule has 0 unspecified atom stereocenters. The van der Waals surface area contributed by atoms with Gasteiger partial charge in [-0.15, -0.1) is 0 Å². The van der Waals surface area contributed by atoms with Crippen LogP contribution in [0.1, 0.15) is 6.42 Å². The number of hydrogen-bond acceptors (Lipinski definition) is 4. The first kappa shape index (κ1) is 17.8. The minimum Gasteiger partial charge on any atom is -0.501 e. The van der Waals surface area contributed by atoms with E-state index in [2.05, 4.69) is 37.3 Å². The fourth-order valence-electron chi connectivity index (χ4n) is 2.08. The first-order chi connectivity index (χ1) is 11.2. The predicted octanol–water partition coefficient (Wildman–Crippen LogP) is 4.85. The Morgan fingerprint density at radius 3 is 3.00 bits per heavy atom. The van der Waals surface area contributed by atoms with Crippen LogP contribution in [0.3, 0.4) is 0 Å². The van der Waals surface area contributed by atoms with E-state index in [0.717, 1.165) is 17.2 Å². The molecule has 5 nitrogen and oxygen atoms in total. The van der Waals surface area contributed by atoms with Crippen molar-refractivity contribution in [2.24, 2.45) is 5.92 Å². The van der Waals surface area contributed by atoms with E-state index in [0.29, 0.717) is 23.7 Å². The van der Waals surface area contributed by atoms with Crippen LogP contribution in [0.2, 0.25) is 5.02 Å². The normalized spacial score (nSPS) is 16.8. The molecular weight excluding hydrogens is 431 g/mol. The summed E-state index contributed by atoms with van der Waals surface area (Å²) in [7, 11) is 3.20. The highest BCUT2D eigenvalue weighted by Gasteiger charge is 2.27. The Bertz CT molecular complexity index is 680.